The number of nitrogens with two attached hydrogens (primary N) is 1. The van der Waals surface area contributed by atoms with Crippen molar-refractivity contribution in [2.24, 2.45) is 5.73 Å². The van der Waals surface area contributed by atoms with Crippen molar-refractivity contribution < 1.29 is 0 Å². The molecule has 5 nitrogen and oxygen atoms in total. The molecule has 1 aliphatic heterocycles. The molecule has 0 amide bonds. The van der Waals surface area contributed by atoms with Gasteiger partial charge in [0.1, 0.15) is 0 Å². The van der Waals surface area contributed by atoms with E-state index in [4.69, 9.17) is 11.6 Å². The van der Waals surface area contributed by atoms with Gasteiger partial charge in [-0.05, 0) is 56.9 Å². The lowest BCUT2D eigenvalue weighted by atomic mass is 10.1. The van der Waals surface area contributed by atoms with E-state index in [-0.39, 0.29) is 7.43 Å². The van der Waals surface area contributed by atoms with Crippen molar-refractivity contribution in [2.75, 3.05) is 20.1 Å². The number of likely N-dealkylation sites (tertiary alicyclic amines) is 1. The van der Waals surface area contributed by atoms with Gasteiger partial charge in [0.2, 0.25) is 0 Å². The molecule has 1 fully saturated rings. The van der Waals surface area contributed by atoms with E-state index in [1.807, 2.05) is 18.2 Å². The van der Waals surface area contributed by atoms with Crippen molar-refractivity contribution in [3.63, 3.8) is 0 Å². The molecule has 2 heterocycles. The zero-order chi connectivity index (χ0) is 18.2. The first-order chi connectivity index (χ1) is 12.0. The highest BCUT2D eigenvalue weighted by atomic mass is 35.5. The van der Waals surface area contributed by atoms with Crippen LogP contribution in [0.3, 0.4) is 0 Å². The normalized spacial score (nSPS) is 16.8. The van der Waals surface area contributed by atoms with Crippen LogP contribution in [0.2, 0.25) is 5.02 Å². The van der Waals surface area contributed by atoms with E-state index >= 15 is 0 Å². The topological polar surface area (TPSA) is 69.1 Å². The molecule has 2 aromatic rings. The first kappa shape index (κ1) is 21.9. The Morgan fingerprint density at radius 3 is 2.88 bits per heavy atom. The van der Waals surface area contributed by atoms with Crippen LogP contribution in [0.25, 0.3) is 10.9 Å². The minimum atomic E-state index is 0. The van der Waals surface area contributed by atoms with Crippen molar-refractivity contribution in [3.05, 3.63) is 60.2 Å². The predicted octanol–water partition coefficient (Wildman–Crippen LogP) is 3.79. The quantitative estimate of drug-likeness (QED) is 0.639. The number of piperidine rings is 1. The Labute approximate surface area is 162 Å². The van der Waals surface area contributed by atoms with E-state index in [0.29, 0.717) is 6.04 Å². The number of nitrogens with one attached hydrogen (secondary N) is 3. The largest absolute Gasteiger partial charge is 0.405 e. The van der Waals surface area contributed by atoms with Crippen molar-refractivity contribution in [3.8, 4) is 0 Å². The third-order valence-electron chi connectivity index (χ3n) is 4.13. The maximum atomic E-state index is 6.02. The molecule has 3 rings (SSSR count). The van der Waals surface area contributed by atoms with E-state index in [9.17, 15) is 0 Å². The van der Waals surface area contributed by atoms with Gasteiger partial charge in [-0.1, -0.05) is 32.2 Å². The van der Waals surface area contributed by atoms with Gasteiger partial charge in [-0.2, -0.15) is 0 Å². The summed E-state index contributed by atoms with van der Waals surface area (Å²) < 4.78 is 0. The Morgan fingerprint density at radius 2 is 2.19 bits per heavy atom. The lowest BCUT2D eigenvalue weighted by Gasteiger charge is -2.31. The lowest BCUT2D eigenvalue weighted by Crippen LogP contribution is -2.45. The number of likely N-dealkylation sites (N-methyl/N-ethyl adjacent to an activating group) is 1. The van der Waals surface area contributed by atoms with Gasteiger partial charge < -0.3 is 26.3 Å². The molecule has 1 aliphatic rings. The lowest BCUT2D eigenvalue weighted by molar-refractivity contribution is 0.233. The van der Waals surface area contributed by atoms with Crippen molar-refractivity contribution in [1.29, 1.82) is 0 Å². The Bertz CT molecular complexity index is 709. The molecule has 0 aliphatic carbocycles. The van der Waals surface area contributed by atoms with Crippen LogP contribution in [0.15, 0.2) is 49.4 Å². The van der Waals surface area contributed by atoms with Crippen LogP contribution in [0.5, 0.6) is 0 Å². The summed E-state index contributed by atoms with van der Waals surface area (Å²) >= 11 is 6.02. The summed E-state index contributed by atoms with van der Waals surface area (Å²) in [6.07, 6.45) is 3.69. The molecule has 1 unspecified atom stereocenters. The monoisotopic (exact) mass is 377 g/mol. The van der Waals surface area contributed by atoms with Crippen LogP contribution < -0.4 is 16.4 Å². The second-order valence-corrected chi connectivity index (χ2v) is 6.78. The Hall–Kier alpha value is -2.11. The van der Waals surface area contributed by atoms with Gasteiger partial charge in [0.05, 0.1) is 12.4 Å². The van der Waals surface area contributed by atoms with Crippen molar-refractivity contribution in [1.82, 2.24) is 20.5 Å². The number of nitrogens with zero attached hydrogens (tertiary/aromatic N) is 1. The average Bonchev–Trinajstić information content (AvgIpc) is 2.96. The Balaban J connectivity index is 0.000000791. The Kier molecular flexibility index (Phi) is 9.10. The molecule has 26 heavy (non-hydrogen) atoms. The number of H-pyrrole nitrogens is 1. The van der Waals surface area contributed by atoms with Crippen LogP contribution in [0.1, 0.15) is 26.0 Å². The number of aromatic amines is 1. The van der Waals surface area contributed by atoms with Gasteiger partial charge in [0.25, 0.3) is 0 Å². The number of fused-ring (bicyclic) bond motifs is 1. The maximum Gasteiger partial charge on any atom is 0.0918 e. The van der Waals surface area contributed by atoms with Crippen LogP contribution >= 0.6 is 11.6 Å². The van der Waals surface area contributed by atoms with Gasteiger partial charge in [-0.3, -0.25) is 0 Å². The number of aromatic nitrogens is 1. The highest BCUT2D eigenvalue weighted by molar-refractivity contribution is 6.31. The van der Waals surface area contributed by atoms with Gasteiger partial charge in [0.15, 0.2) is 0 Å². The highest BCUT2D eigenvalue weighted by Gasteiger charge is 2.16. The fourth-order valence-corrected chi connectivity index (χ4v) is 3.22. The van der Waals surface area contributed by atoms with E-state index in [1.54, 1.807) is 0 Å². The summed E-state index contributed by atoms with van der Waals surface area (Å²) in [6.45, 7) is 10.2. The van der Waals surface area contributed by atoms with Crippen LogP contribution in [0.4, 0.5) is 0 Å². The summed E-state index contributed by atoms with van der Waals surface area (Å²) in [5.41, 5.74) is 6.84. The van der Waals surface area contributed by atoms with Gasteiger partial charge >= 0.3 is 0 Å². The van der Waals surface area contributed by atoms with Crippen LogP contribution in [0, 0.1) is 0 Å². The summed E-state index contributed by atoms with van der Waals surface area (Å²) in [7, 11) is 2.17. The molecule has 5 N–H and O–H groups in total. The second-order valence-electron chi connectivity index (χ2n) is 6.34. The molecule has 6 heteroatoms. The Morgan fingerprint density at radius 1 is 1.46 bits per heavy atom. The van der Waals surface area contributed by atoms with Crippen LogP contribution in [-0.4, -0.2) is 36.1 Å². The fourth-order valence-electron chi connectivity index (χ4n) is 3.04. The van der Waals surface area contributed by atoms with E-state index in [1.165, 1.54) is 25.6 Å². The van der Waals surface area contributed by atoms with E-state index < -0.39 is 0 Å². The average molecular weight is 378 g/mol. The first-order valence-electron chi connectivity index (χ1n) is 8.49. The van der Waals surface area contributed by atoms with Gasteiger partial charge in [-0.15, -0.1) is 0 Å². The van der Waals surface area contributed by atoms with Crippen molar-refractivity contribution >= 4 is 22.5 Å². The molecular formula is C20H32ClN5. The molecule has 0 saturated carbocycles. The predicted molar refractivity (Wildman–Crippen MR) is 114 cm³/mol. The van der Waals surface area contributed by atoms with E-state index in [2.05, 4.69) is 52.5 Å². The molecule has 0 bridgehead atoms. The number of hydrogen-bond donors (Lipinski definition) is 4. The number of benzene rings is 1. The van der Waals surface area contributed by atoms with E-state index in [0.717, 1.165) is 40.5 Å². The second kappa shape index (κ2) is 10.8. The summed E-state index contributed by atoms with van der Waals surface area (Å²) in [5.74, 6) is 0.886. The number of hydrogen-bond acceptors (Lipinski definition) is 4. The minimum absolute atomic E-state index is 0. The summed E-state index contributed by atoms with van der Waals surface area (Å²) in [6, 6.07) is 8.49. The minimum Gasteiger partial charge on any atom is -0.405 e. The molecule has 1 atom stereocenters. The highest BCUT2D eigenvalue weighted by Crippen LogP contribution is 2.20. The third-order valence-corrected chi connectivity index (χ3v) is 4.37. The molecule has 144 valence electrons. The zero-order valence-corrected chi connectivity index (χ0v) is 15.6. The van der Waals surface area contributed by atoms with Crippen molar-refractivity contribution in [2.45, 2.75) is 32.9 Å². The summed E-state index contributed by atoms with van der Waals surface area (Å²) in [5, 5.41) is 8.73. The third kappa shape index (κ3) is 6.65. The molecule has 1 aromatic carbocycles. The molecule has 0 spiro atoms. The zero-order valence-electron chi connectivity index (χ0n) is 14.8. The summed E-state index contributed by atoms with van der Waals surface area (Å²) in [4.78, 5) is 5.75. The smallest absolute Gasteiger partial charge is 0.0918 e. The molecular weight excluding hydrogens is 346 g/mol. The maximum absolute atomic E-state index is 6.02. The van der Waals surface area contributed by atoms with Gasteiger partial charge in [0, 0.05) is 34.2 Å². The molecule has 1 saturated heterocycles. The fraction of sp³-hybridized carbons (Fsp3) is 0.400. The standard InChI is InChI=1S/C17H23ClN4.C2H5N.CH4/c1-12(20-15-4-3-7-22(2)11-15)19-10-16-9-13-8-14(18)5-6-17(13)21-16;1-2-3;/h5-6,8-9,15,19-21H,1,3-4,7,10-11H2,2H3;2H,1,3H2;1H4. The van der Waals surface area contributed by atoms with Crippen LogP contribution in [-0.2, 0) is 6.54 Å². The number of halogens is 1. The number of rotatable bonds is 5. The SMILES string of the molecule is C.C=C(NCc1cc2cc(Cl)ccc2[nH]1)NC1CCCN(C)C1.C=CN. The molecule has 1 aromatic heterocycles. The first-order valence-corrected chi connectivity index (χ1v) is 8.87. The van der Waals surface area contributed by atoms with Gasteiger partial charge in [-0.25, -0.2) is 0 Å². The molecule has 0 radical (unpaired) electrons.